The lowest BCUT2D eigenvalue weighted by molar-refractivity contribution is 0.0951. The number of nitrogens with one attached hydrogen (secondary N) is 1. The SMILES string of the molecule is CN1CCN(c2ncccc2C(=O)NCc2ccc(Cl)cc2)CC1. The lowest BCUT2D eigenvalue weighted by Gasteiger charge is -2.34. The number of benzene rings is 1. The maximum Gasteiger partial charge on any atom is 0.255 e. The molecular weight excluding hydrogens is 324 g/mol. The van der Waals surface area contributed by atoms with Gasteiger partial charge >= 0.3 is 0 Å². The fourth-order valence-electron chi connectivity index (χ4n) is 2.72. The van der Waals surface area contributed by atoms with Gasteiger partial charge in [0.25, 0.3) is 5.91 Å². The zero-order valence-electron chi connectivity index (χ0n) is 13.7. The zero-order chi connectivity index (χ0) is 16.9. The lowest BCUT2D eigenvalue weighted by atomic mass is 10.2. The number of rotatable bonds is 4. The third-order valence-corrected chi connectivity index (χ3v) is 4.45. The number of nitrogens with zero attached hydrogens (tertiary/aromatic N) is 3. The molecule has 0 radical (unpaired) electrons. The molecule has 0 spiro atoms. The van der Waals surface area contributed by atoms with Crippen molar-refractivity contribution in [3.8, 4) is 0 Å². The molecule has 0 atom stereocenters. The number of halogens is 1. The molecule has 6 heteroatoms. The summed E-state index contributed by atoms with van der Waals surface area (Å²) in [7, 11) is 2.11. The van der Waals surface area contributed by atoms with Gasteiger partial charge in [-0.05, 0) is 36.9 Å². The first kappa shape index (κ1) is 16.7. The summed E-state index contributed by atoms with van der Waals surface area (Å²) in [5.74, 6) is 0.659. The predicted octanol–water partition coefficient (Wildman–Crippen LogP) is 2.42. The van der Waals surface area contributed by atoms with Crippen LogP contribution in [-0.4, -0.2) is 49.0 Å². The molecule has 1 aliphatic heterocycles. The van der Waals surface area contributed by atoms with Crippen LogP contribution in [0.5, 0.6) is 0 Å². The highest BCUT2D eigenvalue weighted by Gasteiger charge is 2.20. The number of hydrogen-bond donors (Lipinski definition) is 1. The standard InChI is InChI=1S/C18H21ClN4O/c1-22-9-11-23(12-10-22)17-16(3-2-8-20-17)18(24)21-13-14-4-6-15(19)7-5-14/h2-8H,9-13H2,1H3,(H,21,24). The Kier molecular flexibility index (Phi) is 5.33. The van der Waals surface area contributed by atoms with E-state index in [1.807, 2.05) is 30.3 Å². The van der Waals surface area contributed by atoms with Crippen LogP contribution in [0.1, 0.15) is 15.9 Å². The molecule has 126 valence electrons. The van der Waals surface area contributed by atoms with Gasteiger partial charge in [0, 0.05) is 43.9 Å². The molecule has 1 aromatic carbocycles. The van der Waals surface area contributed by atoms with E-state index in [0.717, 1.165) is 37.6 Å². The van der Waals surface area contributed by atoms with Crippen molar-refractivity contribution in [1.82, 2.24) is 15.2 Å². The minimum atomic E-state index is -0.105. The molecule has 1 N–H and O–H groups in total. The minimum absolute atomic E-state index is 0.105. The summed E-state index contributed by atoms with van der Waals surface area (Å²) < 4.78 is 0. The fourth-order valence-corrected chi connectivity index (χ4v) is 2.85. The molecule has 0 unspecified atom stereocenters. The van der Waals surface area contributed by atoms with E-state index in [1.54, 1.807) is 12.3 Å². The largest absolute Gasteiger partial charge is 0.353 e. The number of hydrogen-bond acceptors (Lipinski definition) is 4. The Bertz CT molecular complexity index is 696. The first-order valence-corrected chi connectivity index (χ1v) is 8.42. The van der Waals surface area contributed by atoms with E-state index in [0.29, 0.717) is 17.1 Å². The summed E-state index contributed by atoms with van der Waals surface area (Å²) in [6.45, 7) is 4.17. The number of pyridine rings is 1. The molecule has 2 aromatic rings. The highest BCUT2D eigenvalue weighted by Crippen LogP contribution is 2.19. The van der Waals surface area contributed by atoms with Gasteiger partial charge in [0.05, 0.1) is 5.56 Å². The molecule has 0 aliphatic carbocycles. The van der Waals surface area contributed by atoms with Gasteiger partial charge in [-0.1, -0.05) is 23.7 Å². The quantitative estimate of drug-likeness (QED) is 0.925. The highest BCUT2D eigenvalue weighted by molar-refractivity contribution is 6.30. The number of piperazine rings is 1. The Morgan fingerprint density at radius 3 is 2.58 bits per heavy atom. The van der Waals surface area contributed by atoms with Gasteiger partial charge in [-0.15, -0.1) is 0 Å². The molecule has 0 bridgehead atoms. The van der Waals surface area contributed by atoms with Crippen LogP contribution in [0.2, 0.25) is 5.02 Å². The van der Waals surface area contributed by atoms with Crippen LogP contribution in [0.4, 0.5) is 5.82 Å². The van der Waals surface area contributed by atoms with Crippen molar-refractivity contribution in [1.29, 1.82) is 0 Å². The molecule has 5 nitrogen and oxygen atoms in total. The summed E-state index contributed by atoms with van der Waals surface area (Å²) in [5, 5.41) is 3.65. The van der Waals surface area contributed by atoms with Crippen LogP contribution < -0.4 is 10.2 Å². The van der Waals surface area contributed by atoms with Crippen molar-refractivity contribution in [3.05, 3.63) is 58.7 Å². The van der Waals surface area contributed by atoms with Gasteiger partial charge in [-0.3, -0.25) is 4.79 Å². The minimum Gasteiger partial charge on any atom is -0.353 e. The van der Waals surface area contributed by atoms with E-state index in [4.69, 9.17) is 11.6 Å². The third-order valence-electron chi connectivity index (χ3n) is 4.20. The monoisotopic (exact) mass is 344 g/mol. The average molecular weight is 345 g/mol. The molecule has 1 amide bonds. The number of aromatic nitrogens is 1. The number of amides is 1. The van der Waals surface area contributed by atoms with Crippen LogP contribution >= 0.6 is 11.6 Å². The van der Waals surface area contributed by atoms with Crippen molar-refractivity contribution in [3.63, 3.8) is 0 Å². The highest BCUT2D eigenvalue weighted by atomic mass is 35.5. The van der Waals surface area contributed by atoms with Crippen molar-refractivity contribution < 1.29 is 4.79 Å². The number of anilines is 1. The zero-order valence-corrected chi connectivity index (χ0v) is 14.5. The first-order valence-electron chi connectivity index (χ1n) is 8.04. The Morgan fingerprint density at radius 1 is 1.17 bits per heavy atom. The molecule has 1 fully saturated rings. The predicted molar refractivity (Wildman–Crippen MR) is 96.6 cm³/mol. The summed E-state index contributed by atoms with van der Waals surface area (Å²) >= 11 is 5.88. The summed E-state index contributed by atoms with van der Waals surface area (Å²) in [4.78, 5) is 21.5. The van der Waals surface area contributed by atoms with Crippen molar-refractivity contribution >= 4 is 23.3 Å². The Hall–Kier alpha value is -2.11. The summed E-state index contributed by atoms with van der Waals surface area (Å²) in [6, 6.07) is 11.1. The molecule has 24 heavy (non-hydrogen) atoms. The van der Waals surface area contributed by atoms with Crippen molar-refractivity contribution in [2.75, 3.05) is 38.1 Å². The Morgan fingerprint density at radius 2 is 1.88 bits per heavy atom. The van der Waals surface area contributed by atoms with Gasteiger partial charge in [0.15, 0.2) is 0 Å². The van der Waals surface area contributed by atoms with Crippen LogP contribution in [0.3, 0.4) is 0 Å². The molecular formula is C18H21ClN4O. The molecule has 0 saturated carbocycles. The second-order valence-corrected chi connectivity index (χ2v) is 6.41. The first-order chi connectivity index (χ1) is 11.6. The van der Waals surface area contributed by atoms with Gasteiger partial charge in [0.1, 0.15) is 5.82 Å². The third kappa shape index (κ3) is 4.04. The maximum absolute atomic E-state index is 12.6. The van der Waals surface area contributed by atoms with Crippen molar-refractivity contribution in [2.45, 2.75) is 6.54 Å². The maximum atomic E-state index is 12.6. The fraction of sp³-hybridized carbons (Fsp3) is 0.333. The van der Waals surface area contributed by atoms with E-state index in [9.17, 15) is 4.79 Å². The average Bonchev–Trinajstić information content (AvgIpc) is 2.62. The Balaban J connectivity index is 1.69. The normalized spacial score (nSPS) is 15.3. The van der Waals surface area contributed by atoms with E-state index >= 15 is 0 Å². The van der Waals surface area contributed by atoms with Gasteiger partial charge < -0.3 is 15.1 Å². The summed E-state index contributed by atoms with van der Waals surface area (Å²) in [5.41, 5.74) is 1.63. The van der Waals surface area contributed by atoms with E-state index in [-0.39, 0.29) is 5.91 Å². The van der Waals surface area contributed by atoms with Crippen LogP contribution in [-0.2, 0) is 6.54 Å². The van der Waals surface area contributed by atoms with E-state index < -0.39 is 0 Å². The van der Waals surface area contributed by atoms with Gasteiger partial charge in [0.2, 0.25) is 0 Å². The second-order valence-electron chi connectivity index (χ2n) is 5.97. The van der Waals surface area contributed by atoms with Crippen LogP contribution in [0.25, 0.3) is 0 Å². The van der Waals surface area contributed by atoms with Crippen LogP contribution in [0, 0.1) is 0 Å². The number of carbonyl (C=O) groups excluding carboxylic acids is 1. The number of carbonyl (C=O) groups is 1. The summed E-state index contributed by atoms with van der Waals surface area (Å²) in [6.07, 6.45) is 1.74. The van der Waals surface area contributed by atoms with E-state index in [2.05, 4.69) is 27.1 Å². The topological polar surface area (TPSA) is 48.5 Å². The second kappa shape index (κ2) is 7.64. The smallest absolute Gasteiger partial charge is 0.255 e. The Labute approximate surface area is 147 Å². The van der Waals surface area contributed by atoms with Crippen LogP contribution in [0.15, 0.2) is 42.6 Å². The van der Waals surface area contributed by atoms with Gasteiger partial charge in [-0.25, -0.2) is 4.98 Å². The molecule has 1 aliphatic rings. The van der Waals surface area contributed by atoms with Gasteiger partial charge in [-0.2, -0.15) is 0 Å². The molecule has 3 rings (SSSR count). The van der Waals surface area contributed by atoms with E-state index in [1.165, 1.54) is 0 Å². The van der Waals surface area contributed by atoms with Crippen molar-refractivity contribution in [2.24, 2.45) is 0 Å². The molecule has 1 aromatic heterocycles. The number of likely N-dealkylation sites (N-methyl/N-ethyl adjacent to an activating group) is 1. The lowest BCUT2D eigenvalue weighted by Crippen LogP contribution is -2.45. The molecule has 1 saturated heterocycles. The molecule has 2 heterocycles.